The minimum atomic E-state index is -0.413. The number of nitrogens with zero attached hydrogens (tertiary/aromatic N) is 3. The fourth-order valence-electron chi connectivity index (χ4n) is 3.52. The lowest BCUT2D eigenvalue weighted by Gasteiger charge is -2.09. The summed E-state index contributed by atoms with van der Waals surface area (Å²) < 4.78 is 8.29. The van der Waals surface area contributed by atoms with E-state index in [9.17, 15) is 14.4 Å². The summed E-state index contributed by atoms with van der Waals surface area (Å²) in [6, 6.07) is 19.3. The van der Waals surface area contributed by atoms with Crippen molar-refractivity contribution in [2.75, 3.05) is 11.9 Å². The first-order valence-corrected chi connectivity index (χ1v) is 10.8. The van der Waals surface area contributed by atoms with Gasteiger partial charge in [0.15, 0.2) is 0 Å². The molecule has 1 N–H and O–H groups in total. The number of hydrogen-bond donors (Lipinski definition) is 1. The van der Waals surface area contributed by atoms with Crippen LogP contribution in [0.5, 0.6) is 0 Å². The van der Waals surface area contributed by atoms with E-state index in [0.29, 0.717) is 35.7 Å². The van der Waals surface area contributed by atoms with Gasteiger partial charge in [-0.25, -0.2) is 9.48 Å². The molecule has 172 valence electrons. The zero-order valence-electron chi connectivity index (χ0n) is 18.9. The molecule has 4 aromatic rings. The predicted octanol–water partition coefficient (Wildman–Crippen LogP) is 3.82. The van der Waals surface area contributed by atoms with Crippen LogP contribution in [0.25, 0.3) is 5.69 Å². The molecule has 0 saturated heterocycles. The van der Waals surface area contributed by atoms with Crippen LogP contribution in [-0.2, 0) is 11.3 Å². The van der Waals surface area contributed by atoms with E-state index in [0.717, 1.165) is 11.3 Å². The number of anilines is 1. The lowest BCUT2D eigenvalue weighted by atomic mass is 10.1. The number of amides is 1. The molecular formula is C26H24N4O4. The quantitative estimate of drug-likeness (QED) is 0.427. The van der Waals surface area contributed by atoms with Gasteiger partial charge < -0.3 is 14.6 Å². The second-order valence-electron chi connectivity index (χ2n) is 7.64. The van der Waals surface area contributed by atoms with Gasteiger partial charge in [-0.1, -0.05) is 18.2 Å². The second-order valence-corrected chi connectivity index (χ2v) is 7.64. The third-order valence-electron chi connectivity index (χ3n) is 5.34. The van der Waals surface area contributed by atoms with Crippen LogP contribution < -0.4 is 10.9 Å². The Hall–Kier alpha value is -4.46. The molecule has 2 aromatic carbocycles. The number of benzene rings is 2. The molecule has 0 bridgehead atoms. The number of nitrogens with one attached hydrogen (secondary N) is 1. The van der Waals surface area contributed by atoms with Crippen LogP contribution in [0.2, 0.25) is 0 Å². The monoisotopic (exact) mass is 456 g/mol. The highest BCUT2D eigenvalue weighted by molar-refractivity contribution is 6.04. The molecule has 0 spiro atoms. The number of rotatable bonds is 7. The van der Waals surface area contributed by atoms with Crippen molar-refractivity contribution >= 4 is 17.6 Å². The third-order valence-corrected chi connectivity index (χ3v) is 5.34. The van der Waals surface area contributed by atoms with Gasteiger partial charge in [-0.05, 0) is 61.9 Å². The Kier molecular flexibility index (Phi) is 6.68. The fourth-order valence-corrected chi connectivity index (χ4v) is 3.52. The molecule has 0 aliphatic heterocycles. The molecule has 0 saturated carbocycles. The Balaban J connectivity index is 1.42. The Morgan fingerprint density at radius 1 is 1.00 bits per heavy atom. The molecule has 0 aliphatic rings. The van der Waals surface area contributed by atoms with E-state index in [-0.39, 0.29) is 11.5 Å². The lowest BCUT2D eigenvalue weighted by molar-refractivity contribution is 0.0525. The number of carbonyl (C=O) groups is 2. The van der Waals surface area contributed by atoms with Crippen LogP contribution in [-0.4, -0.2) is 32.8 Å². The smallest absolute Gasteiger partial charge is 0.341 e. The molecule has 2 heterocycles. The number of carbonyl (C=O) groups excluding carboxylic acids is 2. The van der Waals surface area contributed by atoms with Gasteiger partial charge in [0.2, 0.25) is 0 Å². The first-order valence-electron chi connectivity index (χ1n) is 10.8. The Bertz CT molecular complexity index is 1370. The first-order chi connectivity index (χ1) is 16.5. The summed E-state index contributed by atoms with van der Waals surface area (Å²) in [5, 5.41) is 7.14. The summed E-state index contributed by atoms with van der Waals surface area (Å²) in [4.78, 5) is 36.5. The van der Waals surface area contributed by atoms with Crippen LogP contribution in [0.15, 0.2) is 83.9 Å². The van der Waals surface area contributed by atoms with Crippen molar-refractivity contribution in [1.82, 2.24) is 14.3 Å². The van der Waals surface area contributed by atoms with Gasteiger partial charge in [0, 0.05) is 23.5 Å². The Morgan fingerprint density at radius 3 is 2.41 bits per heavy atom. The molecule has 4 rings (SSSR count). The van der Waals surface area contributed by atoms with Gasteiger partial charge in [-0.3, -0.25) is 9.59 Å². The van der Waals surface area contributed by atoms with Gasteiger partial charge in [-0.2, -0.15) is 5.10 Å². The highest BCUT2D eigenvalue weighted by Gasteiger charge is 2.16. The molecule has 1 amide bonds. The highest BCUT2D eigenvalue weighted by atomic mass is 16.5. The Morgan fingerprint density at radius 2 is 1.74 bits per heavy atom. The van der Waals surface area contributed by atoms with Gasteiger partial charge >= 0.3 is 5.97 Å². The van der Waals surface area contributed by atoms with Gasteiger partial charge in [0.05, 0.1) is 30.7 Å². The fraction of sp³-hybridized carbons (Fsp3) is 0.154. The van der Waals surface area contributed by atoms with Gasteiger partial charge in [-0.15, -0.1) is 0 Å². The van der Waals surface area contributed by atoms with E-state index >= 15 is 0 Å². The maximum Gasteiger partial charge on any atom is 0.341 e. The average molecular weight is 457 g/mol. The number of ether oxygens (including phenoxy) is 1. The van der Waals surface area contributed by atoms with E-state index < -0.39 is 5.97 Å². The SMILES string of the molecule is CCOC(=O)c1cnn(-c2ccc(C(=O)Nc3ccc(Cn4ccccc4=O)cc3)cc2)c1C. The summed E-state index contributed by atoms with van der Waals surface area (Å²) in [5.41, 5.74) is 3.82. The summed E-state index contributed by atoms with van der Waals surface area (Å²) in [6.45, 7) is 4.30. The predicted molar refractivity (Wildman–Crippen MR) is 128 cm³/mol. The maximum atomic E-state index is 12.7. The number of pyridine rings is 1. The summed E-state index contributed by atoms with van der Waals surface area (Å²) in [7, 11) is 0. The Labute approximate surface area is 196 Å². The summed E-state index contributed by atoms with van der Waals surface area (Å²) >= 11 is 0. The zero-order valence-corrected chi connectivity index (χ0v) is 18.9. The maximum absolute atomic E-state index is 12.7. The van der Waals surface area contributed by atoms with E-state index in [1.807, 2.05) is 18.2 Å². The van der Waals surface area contributed by atoms with E-state index in [1.165, 1.54) is 12.3 Å². The molecule has 34 heavy (non-hydrogen) atoms. The molecule has 0 unspecified atom stereocenters. The number of esters is 1. The van der Waals surface area contributed by atoms with E-state index in [4.69, 9.17) is 4.74 Å². The van der Waals surface area contributed by atoms with E-state index in [2.05, 4.69) is 10.4 Å². The normalized spacial score (nSPS) is 10.6. The molecule has 0 radical (unpaired) electrons. The summed E-state index contributed by atoms with van der Waals surface area (Å²) in [5.74, 6) is -0.660. The minimum absolute atomic E-state index is 0.0641. The van der Waals surface area contributed by atoms with Crippen molar-refractivity contribution < 1.29 is 14.3 Å². The molecule has 0 aliphatic carbocycles. The zero-order chi connectivity index (χ0) is 24.1. The van der Waals surface area contributed by atoms with Gasteiger partial charge in [0.25, 0.3) is 11.5 Å². The highest BCUT2D eigenvalue weighted by Crippen LogP contribution is 2.17. The summed E-state index contributed by atoms with van der Waals surface area (Å²) in [6.07, 6.45) is 3.22. The van der Waals surface area contributed by atoms with Crippen molar-refractivity contribution in [3.05, 3.63) is 112 Å². The number of aromatic nitrogens is 3. The van der Waals surface area contributed by atoms with Crippen LogP contribution in [0.3, 0.4) is 0 Å². The van der Waals surface area contributed by atoms with Crippen LogP contribution >= 0.6 is 0 Å². The van der Waals surface area contributed by atoms with Crippen molar-refractivity contribution in [2.24, 2.45) is 0 Å². The van der Waals surface area contributed by atoms with Crippen LogP contribution in [0.4, 0.5) is 5.69 Å². The van der Waals surface area contributed by atoms with Crippen LogP contribution in [0, 0.1) is 6.92 Å². The van der Waals surface area contributed by atoms with Crippen molar-refractivity contribution in [2.45, 2.75) is 20.4 Å². The minimum Gasteiger partial charge on any atom is -0.462 e. The molecule has 8 heteroatoms. The topological polar surface area (TPSA) is 95.2 Å². The number of hydrogen-bond acceptors (Lipinski definition) is 5. The lowest BCUT2D eigenvalue weighted by Crippen LogP contribution is -2.18. The third kappa shape index (κ3) is 4.96. The largest absolute Gasteiger partial charge is 0.462 e. The molecule has 8 nitrogen and oxygen atoms in total. The van der Waals surface area contributed by atoms with Gasteiger partial charge in [0.1, 0.15) is 5.56 Å². The second kappa shape index (κ2) is 9.99. The van der Waals surface area contributed by atoms with E-state index in [1.54, 1.807) is 71.8 Å². The van der Waals surface area contributed by atoms with Crippen LogP contribution in [0.1, 0.15) is 38.9 Å². The standard InChI is InChI=1S/C26H24N4O4/c1-3-34-26(33)23-16-27-30(18(23)2)22-13-9-20(10-14-22)25(32)28-21-11-7-19(8-12-21)17-29-15-5-4-6-24(29)31/h4-16H,3,17H2,1-2H3,(H,28,32). The van der Waals surface area contributed by atoms with Crippen molar-refractivity contribution in [3.63, 3.8) is 0 Å². The molecule has 0 fully saturated rings. The molecule has 0 atom stereocenters. The first kappa shape index (κ1) is 22.7. The van der Waals surface area contributed by atoms with Crippen molar-refractivity contribution in [3.8, 4) is 5.69 Å². The molecule has 2 aromatic heterocycles. The average Bonchev–Trinajstić information content (AvgIpc) is 3.23. The molecular weight excluding hydrogens is 432 g/mol. The van der Waals surface area contributed by atoms with Crippen molar-refractivity contribution in [1.29, 1.82) is 0 Å².